The van der Waals surface area contributed by atoms with Gasteiger partial charge in [-0.3, -0.25) is 0 Å². The molecule has 3 nitrogen and oxygen atoms in total. The van der Waals surface area contributed by atoms with Crippen LogP contribution in [0.15, 0.2) is 12.1 Å². The Morgan fingerprint density at radius 2 is 2.21 bits per heavy atom. The van der Waals surface area contributed by atoms with Gasteiger partial charge >= 0.3 is 0 Å². The maximum absolute atomic E-state index is 8.87. The molecule has 1 aromatic rings. The van der Waals surface area contributed by atoms with Gasteiger partial charge in [-0.15, -0.1) is 0 Å². The molecule has 74 valence electrons. The molecule has 0 saturated heterocycles. The first-order chi connectivity index (χ1) is 6.72. The molecular weight excluding hydrogens is 178 g/mol. The molecular formula is C11H13NO2. The number of aliphatic hydroxyl groups excluding tert-OH is 1. The molecule has 0 aliphatic carbocycles. The molecule has 0 heterocycles. The van der Waals surface area contributed by atoms with Crippen LogP contribution in [0.5, 0.6) is 5.75 Å². The molecule has 1 N–H and O–H groups in total. The van der Waals surface area contributed by atoms with E-state index in [9.17, 15) is 0 Å². The van der Waals surface area contributed by atoms with E-state index in [1.54, 1.807) is 13.2 Å². The van der Waals surface area contributed by atoms with Gasteiger partial charge in [-0.2, -0.15) is 5.26 Å². The maximum atomic E-state index is 8.87. The van der Waals surface area contributed by atoms with Gasteiger partial charge in [0.05, 0.1) is 12.7 Å². The molecule has 0 aliphatic heterocycles. The zero-order valence-corrected chi connectivity index (χ0v) is 8.37. The Morgan fingerprint density at radius 3 is 2.71 bits per heavy atom. The Kier molecular flexibility index (Phi) is 3.49. The molecule has 0 unspecified atom stereocenters. The van der Waals surface area contributed by atoms with Gasteiger partial charge in [-0.1, -0.05) is 6.07 Å². The van der Waals surface area contributed by atoms with Crippen molar-refractivity contribution >= 4 is 0 Å². The number of methoxy groups -OCH3 is 1. The van der Waals surface area contributed by atoms with Gasteiger partial charge in [0.15, 0.2) is 0 Å². The van der Waals surface area contributed by atoms with Crippen molar-refractivity contribution < 1.29 is 9.84 Å². The number of hydrogen-bond acceptors (Lipinski definition) is 3. The smallest absolute Gasteiger partial charge is 0.139 e. The highest BCUT2D eigenvalue weighted by molar-refractivity contribution is 5.50. The van der Waals surface area contributed by atoms with Crippen LogP contribution in [-0.2, 0) is 6.42 Å². The van der Waals surface area contributed by atoms with Crippen molar-refractivity contribution in [3.05, 3.63) is 28.8 Å². The molecule has 0 amide bonds. The number of nitriles is 1. The lowest BCUT2D eigenvalue weighted by molar-refractivity contribution is 0.299. The molecule has 0 bridgehead atoms. The molecule has 0 radical (unpaired) electrons. The summed E-state index contributed by atoms with van der Waals surface area (Å²) in [6.07, 6.45) is 0.569. The summed E-state index contributed by atoms with van der Waals surface area (Å²) in [6.45, 7) is 1.98. The summed E-state index contributed by atoms with van der Waals surface area (Å²) in [7, 11) is 1.55. The minimum absolute atomic E-state index is 0.0939. The predicted molar refractivity (Wildman–Crippen MR) is 53.2 cm³/mol. The van der Waals surface area contributed by atoms with Gasteiger partial charge in [0.25, 0.3) is 0 Å². The highest BCUT2D eigenvalue weighted by Gasteiger charge is 2.07. The van der Waals surface area contributed by atoms with Crippen molar-refractivity contribution in [1.82, 2.24) is 0 Å². The molecule has 0 aliphatic rings. The molecule has 1 aromatic carbocycles. The molecule has 0 fully saturated rings. The molecule has 3 heteroatoms. The number of hydrogen-bond donors (Lipinski definition) is 1. The highest BCUT2D eigenvalue weighted by Crippen LogP contribution is 2.24. The van der Waals surface area contributed by atoms with Crippen molar-refractivity contribution in [2.45, 2.75) is 13.3 Å². The average molecular weight is 191 g/mol. The van der Waals surface area contributed by atoms with Crippen LogP contribution in [0, 0.1) is 18.3 Å². The van der Waals surface area contributed by atoms with Crippen LogP contribution in [0.2, 0.25) is 0 Å². The van der Waals surface area contributed by atoms with E-state index in [1.807, 2.05) is 13.0 Å². The Balaban J connectivity index is 3.19. The lowest BCUT2D eigenvalue weighted by Gasteiger charge is -2.08. The van der Waals surface area contributed by atoms with E-state index in [-0.39, 0.29) is 6.61 Å². The van der Waals surface area contributed by atoms with Gasteiger partial charge in [0.2, 0.25) is 0 Å². The SMILES string of the molecule is COc1c(C)cc(CCO)cc1C#N. The van der Waals surface area contributed by atoms with Gasteiger partial charge in [0.1, 0.15) is 11.8 Å². The van der Waals surface area contributed by atoms with Crippen molar-refractivity contribution in [1.29, 1.82) is 5.26 Å². The van der Waals surface area contributed by atoms with E-state index in [0.717, 1.165) is 11.1 Å². The molecule has 0 aromatic heterocycles. The van der Waals surface area contributed by atoms with E-state index in [1.165, 1.54) is 0 Å². The zero-order valence-electron chi connectivity index (χ0n) is 8.37. The Labute approximate surface area is 83.6 Å². The summed E-state index contributed by atoms with van der Waals surface area (Å²) >= 11 is 0. The fourth-order valence-electron chi connectivity index (χ4n) is 1.48. The van der Waals surface area contributed by atoms with Crippen LogP contribution in [0.1, 0.15) is 16.7 Å². The van der Waals surface area contributed by atoms with Crippen LogP contribution in [-0.4, -0.2) is 18.8 Å². The fourth-order valence-corrected chi connectivity index (χ4v) is 1.48. The first-order valence-electron chi connectivity index (χ1n) is 4.41. The third kappa shape index (κ3) is 2.04. The van der Waals surface area contributed by atoms with Crippen molar-refractivity contribution in [3.8, 4) is 11.8 Å². The second-order valence-corrected chi connectivity index (χ2v) is 3.08. The third-order valence-corrected chi connectivity index (χ3v) is 2.06. The Bertz CT molecular complexity index is 366. The van der Waals surface area contributed by atoms with E-state index in [4.69, 9.17) is 15.1 Å². The minimum Gasteiger partial charge on any atom is -0.495 e. The van der Waals surface area contributed by atoms with Crippen LogP contribution < -0.4 is 4.74 Å². The first kappa shape index (κ1) is 10.6. The van der Waals surface area contributed by atoms with Crippen LogP contribution >= 0.6 is 0 Å². The number of benzene rings is 1. The minimum atomic E-state index is 0.0939. The van der Waals surface area contributed by atoms with Gasteiger partial charge < -0.3 is 9.84 Å². The molecule has 0 atom stereocenters. The number of nitrogens with zero attached hydrogens (tertiary/aromatic N) is 1. The van der Waals surface area contributed by atoms with Crippen LogP contribution in [0.3, 0.4) is 0 Å². The van der Waals surface area contributed by atoms with Gasteiger partial charge in [-0.25, -0.2) is 0 Å². The summed E-state index contributed by atoms with van der Waals surface area (Å²) in [4.78, 5) is 0. The number of ether oxygens (including phenoxy) is 1. The van der Waals surface area contributed by atoms with Crippen LogP contribution in [0.4, 0.5) is 0 Å². The Morgan fingerprint density at radius 1 is 1.50 bits per heavy atom. The van der Waals surface area contributed by atoms with Crippen LogP contribution in [0.25, 0.3) is 0 Å². The molecule has 14 heavy (non-hydrogen) atoms. The normalized spacial score (nSPS) is 9.57. The maximum Gasteiger partial charge on any atom is 0.139 e. The fraction of sp³-hybridized carbons (Fsp3) is 0.364. The quantitative estimate of drug-likeness (QED) is 0.785. The topological polar surface area (TPSA) is 53.2 Å². The average Bonchev–Trinajstić information content (AvgIpc) is 2.17. The second-order valence-electron chi connectivity index (χ2n) is 3.08. The summed E-state index contributed by atoms with van der Waals surface area (Å²) < 4.78 is 5.12. The van der Waals surface area contributed by atoms with E-state index < -0.39 is 0 Å². The summed E-state index contributed by atoms with van der Waals surface area (Å²) in [6, 6.07) is 5.76. The van der Waals surface area contributed by atoms with Gasteiger partial charge in [-0.05, 0) is 30.5 Å². The first-order valence-corrected chi connectivity index (χ1v) is 4.41. The number of aryl methyl sites for hydroxylation is 1. The standard InChI is InChI=1S/C11H13NO2/c1-8-5-9(3-4-13)6-10(7-12)11(8)14-2/h5-6,13H,3-4H2,1-2H3. The Hall–Kier alpha value is -1.53. The van der Waals surface area contributed by atoms with E-state index in [0.29, 0.717) is 17.7 Å². The van der Waals surface area contributed by atoms with Crippen molar-refractivity contribution in [3.63, 3.8) is 0 Å². The molecule has 0 spiro atoms. The monoisotopic (exact) mass is 191 g/mol. The largest absolute Gasteiger partial charge is 0.495 e. The van der Waals surface area contributed by atoms with E-state index in [2.05, 4.69) is 6.07 Å². The zero-order chi connectivity index (χ0) is 10.6. The van der Waals surface area contributed by atoms with Gasteiger partial charge in [0, 0.05) is 6.61 Å². The summed E-state index contributed by atoms with van der Waals surface area (Å²) in [5.41, 5.74) is 2.41. The second kappa shape index (κ2) is 4.64. The molecule has 1 rings (SSSR count). The molecule has 0 saturated carbocycles. The third-order valence-electron chi connectivity index (χ3n) is 2.06. The lowest BCUT2D eigenvalue weighted by atomic mass is 10.0. The summed E-state index contributed by atoms with van der Waals surface area (Å²) in [5, 5.41) is 17.7. The lowest BCUT2D eigenvalue weighted by Crippen LogP contribution is -1.97. The summed E-state index contributed by atoms with van der Waals surface area (Å²) in [5.74, 6) is 0.620. The number of rotatable bonds is 3. The number of aliphatic hydroxyl groups is 1. The predicted octanol–water partition coefficient (Wildman–Crippen LogP) is 1.41. The van der Waals surface area contributed by atoms with Crippen molar-refractivity contribution in [2.24, 2.45) is 0 Å². The van der Waals surface area contributed by atoms with E-state index >= 15 is 0 Å². The van der Waals surface area contributed by atoms with Crippen molar-refractivity contribution in [2.75, 3.05) is 13.7 Å². The highest BCUT2D eigenvalue weighted by atomic mass is 16.5.